The molecule has 176 valence electrons. The number of carbonyl (C=O) groups is 2. The van der Waals surface area contributed by atoms with Crippen LogP contribution in [-0.2, 0) is 9.59 Å². The summed E-state index contributed by atoms with van der Waals surface area (Å²) in [6.45, 7) is 15.5. The Labute approximate surface area is 184 Å². The van der Waals surface area contributed by atoms with Crippen molar-refractivity contribution in [2.75, 3.05) is 19.6 Å². The normalized spacial score (nSPS) is 13.0. The molecule has 0 aromatic rings. The Bertz CT molecular complexity index is 542. The fourth-order valence-corrected chi connectivity index (χ4v) is 3.47. The van der Waals surface area contributed by atoms with Crippen molar-refractivity contribution in [1.82, 2.24) is 15.5 Å². The van der Waals surface area contributed by atoms with Gasteiger partial charge in [0.25, 0.3) is 0 Å². The Balaban J connectivity index is 5.24. The van der Waals surface area contributed by atoms with E-state index in [1.807, 2.05) is 20.8 Å². The summed E-state index contributed by atoms with van der Waals surface area (Å²) in [5.41, 5.74) is 4.96. The zero-order valence-electron chi connectivity index (χ0n) is 20.5. The molecule has 0 heterocycles. The van der Waals surface area contributed by atoms with Crippen LogP contribution in [0.4, 0.5) is 0 Å². The number of unbranched alkanes of at least 4 members (excludes halogenated alkanes) is 1. The van der Waals surface area contributed by atoms with Gasteiger partial charge in [0.1, 0.15) is 0 Å². The van der Waals surface area contributed by atoms with Crippen LogP contribution in [-0.4, -0.2) is 53.8 Å². The molecule has 0 aliphatic rings. The maximum absolute atomic E-state index is 12.9. The quantitative estimate of drug-likeness (QED) is 0.172. The Morgan fingerprint density at radius 3 is 2.03 bits per heavy atom. The van der Waals surface area contributed by atoms with E-state index < -0.39 is 0 Å². The number of nitrogens with two attached hydrogens (primary N) is 1. The van der Waals surface area contributed by atoms with E-state index >= 15 is 0 Å². The summed E-state index contributed by atoms with van der Waals surface area (Å²) in [6.07, 6.45) is 6.29. The standard InChI is InChI=1S/C23H47N5O2/c1-8-22(6,9-2)20(30)17-28(18(5)29)16-19(27-23(7,10-3)11-4)14-12-13-15-26-21(24)25/h19,27H,8-17H2,1-7H3,(H4,24,25,26). The second-order valence-electron chi connectivity index (χ2n) is 9.04. The topological polar surface area (TPSA) is 111 Å². The van der Waals surface area contributed by atoms with Crippen LogP contribution in [0.3, 0.4) is 0 Å². The van der Waals surface area contributed by atoms with Gasteiger partial charge in [0, 0.05) is 37.0 Å². The molecule has 7 heteroatoms. The minimum Gasteiger partial charge on any atom is -0.370 e. The number of ketones is 1. The van der Waals surface area contributed by atoms with E-state index in [1.54, 1.807) is 11.8 Å². The molecule has 0 aromatic heterocycles. The lowest BCUT2D eigenvalue weighted by atomic mass is 9.80. The fourth-order valence-electron chi connectivity index (χ4n) is 3.47. The molecule has 0 saturated heterocycles. The molecule has 30 heavy (non-hydrogen) atoms. The smallest absolute Gasteiger partial charge is 0.219 e. The number of guanidine groups is 1. The number of hydrogen-bond donors (Lipinski definition) is 4. The van der Waals surface area contributed by atoms with Crippen LogP contribution >= 0.6 is 0 Å². The van der Waals surface area contributed by atoms with Gasteiger partial charge in [-0.05, 0) is 45.4 Å². The molecule has 0 aliphatic carbocycles. The van der Waals surface area contributed by atoms with Crippen molar-refractivity contribution >= 4 is 17.6 Å². The van der Waals surface area contributed by atoms with Crippen molar-refractivity contribution in [3.05, 3.63) is 0 Å². The van der Waals surface area contributed by atoms with E-state index in [0.717, 1.165) is 44.9 Å². The predicted molar refractivity (Wildman–Crippen MR) is 126 cm³/mol. The van der Waals surface area contributed by atoms with Crippen LogP contribution in [0.15, 0.2) is 0 Å². The summed E-state index contributed by atoms with van der Waals surface area (Å²) in [4.78, 5) is 27.0. The highest BCUT2D eigenvalue weighted by Gasteiger charge is 2.32. The van der Waals surface area contributed by atoms with E-state index in [4.69, 9.17) is 11.1 Å². The number of Topliss-reactive ketones (excluding diaryl/α,β-unsaturated/α-hetero) is 1. The minimum absolute atomic E-state index is 0.00385. The van der Waals surface area contributed by atoms with Crippen LogP contribution in [0, 0.1) is 10.8 Å². The van der Waals surface area contributed by atoms with Gasteiger partial charge < -0.3 is 21.3 Å². The Morgan fingerprint density at radius 2 is 1.60 bits per heavy atom. The van der Waals surface area contributed by atoms with Gasteiger partial charge in [0.15, 0.2) is 11.7 Å². The summed E-state index contributed by atoms with van der Waals surface area (Å²) in [5, 5.41) is 13.8. The van der Waals surface area contributed by atoms with Crippen molar-refractivity contribution in [3.8, 4) is 0 Å². The maximum atomic E-state index is 12.9. The van der Waals surface area contributed by atoms with Gasteiger partial charge in [-0.1, -0.05) is 41.0 Å². The molecular formula is C23H47N5O2. The third-order valence-corrected chi connectivity index (χ3v) is 6.86. The van der Waals surface area contributed by atoms with Crippen molar-refractivity contribution in [3.63, 3.8) is 0 Å². The van der Waals surface area contributed by atoms with E-state index in [-0.39, 0.29) is 41.2 Å². The molecule has 0 radical (unpaired) electrons. The van der Waals surface area contributed by atoms with Crippen LogP contribution < -0.4 is 16.4 Å². The second-order valence-corrected chi connectivity index (χ2v) is 9.04. The third-order valence-electron chi connectivity index (χ3n) is 6.86. The van der Waals surface area contributed by atoms with Gasteiger partial charge >= 0.3 is 0 Å². The average molecular weight is 426 g/mol. The van der Waals surface area contributed by atoms with Gasteiger partial charge in [0.2, 0.25) is 5.91 Å². The number of carbonyl (C=O) groups excluding carboxylic acids is 2. The van der Waals surface area contributed by atoms with Gasteiger partial charge in [-0.3, -0.25) is 15.0 Å². The summed E-state index contributed by atoms with van der Waals surface area (Å²) in [6, 6.07) is 0.110. The van der Waals surface area contributed by atoms with Gasteiger partial charge in [-0.2, -0.15) is 0 Å². The number of amides is 1. The lowest BCUT2D eigenvalue weighted by molar-refractivity contribution is -0.138. The second kappa shape index (κ2) is 13.6. The van der Waals surface area contributed by atoms with Crippen molar-refractivity contribution < 1.29 is 9.59 Å². The zero-order valence-corrected chi connectivity index (χ0v) is 20.5. The third kappa shape index (κ3) is 9.92. The molecule has 0 saturated carbocycles. The highest BCUT2D eigenvalue weighted by Crippen LogP contribution is 2.27. The predicted octanol–water partition coefficient (Wildman–Crippen LogP) is 3.42. The highest BCUT2D eigenvalue weighted by atomic mass is 16.2. The van der Waals surface area contributed by atoms with E-state index in [2.05, 4.69) is 31.4 Å². The first-order valence-electron chi connectivity index (χ1n) is 11.6. The van der Waals surface area contributed by atoms with Crippen LogP contribution in [0.25, 0.3) is 0 Å². The van der Waals surface area contributed by atoms with Crippen LogP contribution in [0.1, 0.15) is 93.4 Å². The maximum Gasteiger partial charge on any atom is 0.219 e. The highest BCUT2D eigenvalue weighted by molar-refractivity contribution is 5.89. The minimum atomic E-state index is -0.379. The first-order valence-corrected chi connectivity index (χ1v) is 11.6. The lowest BCUT2D eigenvalue weighted by Crippen LogP contribution is -2.53. The van der Waals surface area contributed by atoms with Crippen molar-refractivity contribution in [1.29, 1.82) is 5.41 Å². The van der Waals surface area contributed by atoms with Crippen LogP contribution in [0.2, 0.25) is 0 Å². The number of hydrogen-bond acceptors (Lipinski definition) is 4. The number of nitrogens with one attached hydrogen (secondary N) is 3. The van der Waals surface area contributed by atoms with Crippen molar-refractivity contribution in [2.24, 2.45) is 11.1 Å². The van der Waals surface area contributed by atoms with Gasteiger partial charge in [-0.15, -0.1) is 0 Å². The Morgan fingerprint density at radius 1 is 1.03 bits per heavy atom. The molecule has 7 nitrogen and oxygen atoms in total. The molecule has 1 atom stereocenters. The summed E-state index contributed by atoms with van der Waals surface area (Å²) in [7, 11) is 0. The first kappa shape index (κ1) is 28.4. The fraction of sp³-hybridized carbons (Fsp3) is 0.870. The van der Waals surface area contributed by atoms with E-state index in [9.17, 15) is 9.59 Å². The average Bonchev–Trinajstić information content (AvgIpc) is 2.71. The SMILES string of the molecule is CCC(C)(CC)NC(CCCCNC(=N)N)CN(CC(=O)C(C)(CC)CC)C(C)=O. The molecule has 0 fully saturated rings. The lowest BCUT2D eigenvalue weighted by Gasteiger charge is -2.37. The molecule has 0 aliphatic heterocycles. The van der Waals surface area contributed by atoms with Gasteiger partial charge in [0.05, 0.1) is 6.54 Å². The summed E-state index contributed by atoms with van der Waals surface area (Å²) in [5.74, 6) is 0.0730. The first-order chi connectivity index (χ1) is 14.0. The van der Waals surface area contributed by atoms with Crippen LogP contribution in [0.5, 0.6) is 0 Å². The molecule has 0 bridgehead atoms. The summed E-state index contributed by atoms with van der Waals surface area (Å²) >= 11 is 0. The van der Waals surface area contributed by atoms with Gasteiger partial charge in [-0.25, -0.2) is 0 Å². The molecule has 0 spiro atoms. The monoisotopic (exact) mass is 425 g/mol. The zero-order chi connectivity index (χ0) is 23.4. The number of rotatable bonds is 16. The molecule has 1 amide bonds. The molecular weight excluding hydrogens is 378 g/mol. The largest absolute Gasteiger partial charge is 0.370 e. The molecule has 5 N–H and O–H groups in total. The van der Waals surface area contributed by atoms with E-state index in [1.165, 1.54) is 0 Å². The summed E-state index contributed by atoms with van der Waals surface area (Å²) < 4.78 is 0. The Kier molecular flexibility index (Phi) is 12.9. The molecule has 0 aromatic carbocycles. The Hall–Kier alpha value is -1.63. The molecule has 0 rings (SSSR count). The molecule has 1 unspecified atom stereocenters. The van der Waals surface area contributed by atoms with E-state index in [0.29, 0.717) is 13.1 Å². The number of nitrogens with zero attached hydrogens (tertiary/aromatic N) is 1. The van der Waals surface area contributed by atoms with Crippen molar-refractivity contribution in [2.45, 2.75) is 105 Å².